The van der Waals surface area contributed by atoms with E-state index in [-0.39, 0.29) is 0 Å². The average molecular weight is 273 g/mol. The maximum absolute atomic E-state index is 4.41. The van der Waals surface area contributed by atoms with Crippen molar-refractivity contribution in [2.24, 2.45) is 29.6 Å². The van der Waals surface area contributed by atoms with Crippen molar-refractivity contribution in [3.8, 4) is 0 Å². The Morgan fingerprint density at radius 1 is 1.20 bits per heavy atom. The largest absolute Gasteiger partial charge is 0.348 e. The van der Waals surface area contributed by atoms with E-state index < -0.39 is 0 Å². The van der Waals surface area contributed by atoms with Gasteiger partial charge in [0.25, 0.3) is 0 Å². The molecule has 0 spiro atoms. The van der Waals surface area contributed by atoms with Crippen LogP contribution < -0.4 is 5.32 Å². The van der Waals surface area contributed by atoms with Crippen molar-refractivity contribution >= 4 is 0 Å². The molecule has 4 aliphatic rings. The minimum absolute atomic E-state index is 0.640. The Morgan fingerprint density at radius 3 is 2.40 bits per heavy atom. The summed E-state index contributed by atoms with van der Waals surface area (Å²) in [5.74, 6) is 5.09. The molecule has 4 fully saturated rings. The van der Waals surface area contributed by atoms with Crippen LogP contribution in [-0.4, -0.2) is 16.0 Å². The van der Waals surface area contributed by atoms with Gasteiger partial charge in [0.15, 0.2) is 0 Å². The van der Waals surface area contributed by atoms with Crippen molar-refractivity contribution in [1.29, 1.82) is 0 Å². The van der Waals surface area contributed by atoms with Gasteiger partial charge in [0, 0.05) is 18.3 Å². The molecule has 1 atom stereocenters. The number of nitrogens with zero attached hydrogens (tertiary/aromatic N) is 1. The second-order valence-electron chi connectivity index (χ2n) is 7.65. The van der Waals surface area contributed by atoms with E-state index in [0.717, 1.165) is 36.1 Å². The van der Waals surface area contributed by atoms with Crippen LogP contribution >= 0.6 is 0 Å². The van der Waals surface area contributed by atoms with Gasteiger partial charge in [-0.25, -0.2) is 4.98 Å². The normalized spacial score (nSPS) is 40.2. The van der Waals surface area contributed by atoms with Crippen molar-refractivity contribution < 1.29 is 0 Å². The first-order chi connectivity index (χ1) is 9.70. The van der Waals surface area contributed by atoms with Gasteiger partial charge in [0.1, 0.15) is 0 Å². The van der Waals surface area contributed by atoms with Gasteiger partial charge in [-0.15, -0.1) is 0 Å². The summed E-state index contributed by atoms with van der Waals surface area (Å²) in [7, 11) is 0. The Labute approximate surface area is 122 Å². The van der Waals surface area contributed by atoms with Gasteiger partial charge in [0.05, 0.1) is 12.0 Å². The fourth-order valence-electron chi connectivity index (χ4n) is 5.74. The molecule has 4 bridgehead atoms. The van der Waals surface area contributed by atoms with E-state index in [2.05, 4.69) is 29.1 Å². The molecule has 0 radical (unpaired) electrons. The van der Waals surface area contributed by atoms with Gasteiger partial charge in [-0.05, 0) is 75.5 Å². The molecule has 3 heteroatoms. The van der Waals surface area contributed by atoms with Crippen LogP contribution in [0.2, 0.25) is 0 Å². The molecule has 20 heavy (non-hydrogen) atoms. The van der Waals surface area contributed by atoms with Crippen LogP contribution in [0.15, 0.2) is 6.33 Å². The van der Waals surface area contributed by atoms with Crippen LogP contribution in [0.1, 0.15) is 50.4 Å². The lowest BCUT2D eigenvalue weighted by atomic mass is 9.50. The maximum atomic E-state index is 4.41. The van der Waals surface area contributed by atoms with E-state index in [1.165, 1.54) is 37.1 Å². The van der Waals surface area contributed by atoms with Gasteiger partial charge >= 0.3 is 0 Å². The zero-order chi connectivity index (χ0) is 13.7. The minimum atomic E-state index is 0.640. The number of hydrogen-bond acceptors (Lipinski definition) is 2. The summed E-state index contributed by atoms with van der Waals surface area (Å²) in [6.07, 6.45) is 9.43. The lowest BCUT2D eigenvalue weighted by Gasteiger charge is -2.56. The third-order valence-corrected chi connectivity index (χ3v) is 6.40. The molecule has 110 valence electrons. The van der Waals surface area contributed by atoms with E-state index in [9.17, 15) is 0 Å². The first-order valence-corrected chi connectivity index (χ1v) is 8.43. The second-order valence-corrected chi connectivity index (χ2v) is 7.65. The van der Waals surface area contributed by atoms with E-state index in [1.807, 2.05) is 0 Å². The summed E-state index contributed by atoms with van der Waals surface area (Å²) < 4.78 is 0. The molecule has 4 saturated carbocycles. The fraction of sp³-hybridized carbons (Fsp3) is 0.824. The van der Waals surface area contributed by atoms with Crippen LogP contribution in [0, 0.1) is 36.5 Å². The standard InChI is InChI=1S/C17H27N3/c1-10-16(20-9-19-10)8-18-11(2)17-14-4-12-3-13(6-14)7-15(17)5-12/h9,11-15,17-18H,3-8H2,1-2H3,(H,19,20). The molecule has 1 heterocycles. The first-order valence-electron chi connectivity index (χ1n) is 8.43. The fourth-order valence-corrected chi connectivity index (χ4v) is 5.74. The molecule has 5 rings (SSSR count). The van der Waals surface area contributed by atoms with Crippen LogP contribution in [0.5, 0.6) is 0 Å². The molecule has 0 aliphatic heterocycles. The van der Waals surface area contributed by atoms with Gasteiger partial charge in [-0.1, -0.05) is 0 Å². The van der Waals surface area contributed by atoms with E-state index in [0.29, 0.717) is 6.04 Å². The monoisotopic (exact) mass is 273 g/mol. The molecule has 0 saturated heterocycles. The predicted octanol–water partition coefficient (Wildman–Crippen LogP) is 3.27. The van der Waals surface area contributed by atoms with E-state index in [4.69, 9.17) is 0 Å². The van der Waals surface area contributed by atoms with E-state index >= 15 is 0 Å². The first kappa shape index (κ1) is 12.9. The molecule has 2 N–H and O–H groups in total. The SMILES string of the molecule is Cc1[nH]cnc1CNC(C)C1C2CC3CC(C2)CC1C3. The average Bonchev–Trinajstić information content (AvgIpc) is 2.80. The molecule has 0 aromatic carbocycles. The Kier molecular flexibility index (Phi) is 3.13. The number of nitrogens with one attached hydrogen (secondary N) is 2. The zero-order valence-corrected chi connectivity index (χ0v) is 12.7. The number of aromatic nitrogens is 2. The molecular weight excluding hydrogens is 246 g/mol. The number of hydrogen-bond donors (Lipinski definition) is 2. The summed E-state index contributed by atoms with van der Waals surface area (Å²) in [6.45, 7) is 5.44. The summed E-state index contributed by atoms with van der Waals surface area (Å²) in [5, 5.41) is 3.77. The number of rotatable bonds is 4. The Balaban J connectivity index is 1.41. The van der Waals surface area contributed by atoms with Crippen LogP contribution in [0.4, 0.5) is 0 Å². The third kappa shape index (κ3) is 2.11. The highest BCUT2D eigenvalue weighted by Gasteiger charge is 2.49. The molecule has 4 aliphatic carbocycles. The Bertz CT molecular complexity index is 450. The van der Waals surface area contributed by atoms with Gasteiger partial charge in [-0.2, -0.15) is 0 Å². The zero-order valence-electron chi connectivity index (χ0n) is 12.7. The van der Waals surface area contributed by atoms with Crippen molar-refractivity contribution in [2.75, 3.05) is 0 Å². The van der Waals surface area contributed by atoms with Gasteiger partial charge < -0.3 is 10.3 Å². The van der Waals surface area contributed by atoms with Crippen molar-refractivity contribution in [3.05, 3.63) is 17.7 Å². The highest BCUT2D eigenvalue weighted by Crippen LogP contribution is 2.57. The number of imidazole rings is 1. The molecule has 1 unspecified atom stereocenters. The molecule has 1 aromatic rings. The number of aryl methyl sites for hydroxylation is 1. The van der Waals surface area contributed by atoms with Crippen LogP contribution in [0.3, 0.4) is 0 Å². The molecule has 3 nitrogen and oxygen atoms in total. The summed E-state index contributed by atoms with van der Waals surface area (Å²) >= 11 is 0. The topological polar surface area (TPSA) is 40.7 Å². The van der Waals surface area contributed by atoms with Gasteiger partial charge in [-0.3, -0.25) is 0 Å². The second kappa shape index (κ2) is 4.87. The van der Waals surface area contributed by atoms with Crippen LogP contribution in [0.25, 0.3) is 0 Å². The third-order valence-electron chi connectivity index (χ3n) is 6.40. The van der Waals surface area contributed by atoms with Gasteiger partial charge in [0.2, 0.25) is 0 Å². The number of aromatic amines is 1. The highest BCUT2D eigenvalue weighted by molar-refractivity contribution is 5.08. The highest BCUT2D eigenvalue weighted by atomic mass is 15.0. The molecule has 0 amide bonds. The maximum Gasteiger partial charge on any atom is 0.0925 e. The molecule has 1 aromatic heterocycles. The Hall–Kier alpha value is -0.830. The summed E-state index contributed by atoms with van der Waals surface area (Å²) in [4.78, 5) is 7.58. The lowest BCUT2D eigenvalue weighted by Crippen LogP contribution is -2.51. The summed E-state index contributed by atoms with van der Waals surface area (Å²) in [5.41, 5.74) is 2.38. The smallest absolute Gasteiger partial charge is 0.0925 e. The van der Waals surface area contributed by atoms with Crippen molar-refractivity contribution in [3.63, 3.8) is 0 Å². The molecular formula is C17H27N3. The summed E-state index contributed by atoms with van der Waals surface area (Å²) in [6, 6.07) is 0.640. The van der Waals surface area contributed by atoms with Crippen molar-refractivity contribution in [2.45, 2.75) is 58.5 Å². The lowest BCUT2D eigenvalue weighted by molar-refractivity contribution is -0.0494. The van der Waals surface area contributed by atoms with Crippen LogP contribution in [-0.2, 0) is 6.54 Å². The minimum Gasteiger partial charge on any atom is -0.348 e. The number of H-pyrrole nitrogens is 1. The quantitative estimate of drug-likeness (QED) is 0.884. The van der Waals surface area contributed by atoms with Crippen molar-refractivity contribution in [1.82, 2.24) is 15.3 Å². The van der Waals surface area contributed by atoms with E-state index in [1.54, 1.807) is 12.7 Å². The predicted molar refractivity (Wildman–Crippen MR) is 80.2 cm³/mol. The Morgan fingerprint density at radius 2 is 1.85 bits per heavy atom.